The zero-order valence-electron chi connectivity index (χ0n) is 29.1. The Bertz CT molecular complexity index is 2320. The minimum absolute atomic E-state index is 0.00702. The Morgan fingerprint density at radius 2 is 1.24 bits per heavy atom. The fourth-order valence-electron chi connectivity index (χ4n) is 7.04. The van der Waals surface area contributed by atoms with Crippen LogP contribution in [0.1, 0.15) is 52.7 Å². The Morgan fingerprint density at radius 3 is 1.98 bits per heavy atom. The van der Waals surface area contributed by atoms with Gasteiger partial charge in [-0.05, 0) is 77.1 Å². The molecule has 0 fully saturated rings. The van der Waals surface area contributed by atoms with Gasteiger partial charge >= 0.3 is 0 Å². The molecule has 3 heterocycles. The Balaban J connectivity index is 1.23. The van der Waals surface area contributed by atoms with Crippen molar-refractivity contribution in [1.82, 2.24) is 9.55 Å². The SMILES string of the molecule is CC(C)(C)c1ccnc(-n2c3ccccc3c3ccc(Oc4cc(N5CN(c6ccccc6)c6ccccc65)ccc4C(C)(C)C)cc32)c1. The van der Waals surface area contributed by atoms with Gasteiger partial charge in [0.1, 0.15) is 24.0 Å². The zero-order chi connectivity index (χ0) is 33.9. The van der Waals surface area contributed by atoms with Crippen molar-refractivity contribution >= 4 is 44.6 Å². The molecule has 0 saturated carbocycles. The first kappa shape index (κ1) is 30.8. The van der Waals surface area contributed by atoms with Gasteiger partial charge in [0, 0.05) is 46.0 Å². The predicted octanol–water partition coefficient (Wildman–Crippen LogP) is 11.8. The largest absolute Gasteiger partial charge is 0.457 e. The van der Waals surface area contributed by atoms with E-state index < -0.39 is 0 Å². The smallest absolute Gasteiger partial charge is 0.137 e. The van der Waals surface area contributed by atoms with Gasteiger partial charge in [-0.25, -0.2) is 4.98 Å². The lowest BCUT2D eigenvalue weighted by Gasteiger charge is -2.26. The topological polar surface area (TPSA) is 33.5 Å². The van der Waals surface area contributed by atoms with Gasteiger partial charge in [0.15, 0.2) is 0 Å². The summed E-state index contributed by atoms with van der Waals surface area (Å²) in [5.41, 5.74) is 9.12. The predicted molar refractivity (Wildman–Crippen MR) is 205 cm³/mol. The third-order valence-electron chi connectivity index (χ3n) is 9.61. The van der Waals surface area contributed by atoms with Crippen LogP contribution in [-0.4, -0.2) is 16.2 Å². The van der Waals surface area contributed by atoms with Gasteiger partial charge in [0.2, 0.25) is 0 Å². The van der Waals surface area contributed by atoms with Crippen LogP contribution in [0.15, 0.2) is 134 Å². The Kier molecular flexibility index (Phi) is 7.25. The van der Waals surface area contributed by atoms with E-state index in [0.717, 1.165) is 39.6 Å². The van der Waals surface area contributed by atoms with Crippen LogP contribution in [0, 0.1) is 0 Å². The normalized spacial score (nSPS) is 13.3. The van der Waals surface area contributed by atoms with Gasteiger partial charge in [-0.1, -0.05) is 96.1 Å². The van der Waals surface area contributed by atoms with Crippen LogP contribution in [-0.2, 0) is 10.8 Å². The molecule has 0 N–H and O–H groups in total. The van der Waals surface area contributed by atoms with Gasteiger partial charge in [0.25, 0.3) is 0 Å². The van der Waals surface area contributed by atoms with E-state index in [1.54, 1.807) is 0 Å². The number of nitrogens with zero attached hydrogens (tertiary/aromatic N) is 4. The zero-order valence-corrected chi connectivity index (χ0v) is 29.1. The lowest BCUT2D eigenvalue weighted by molar-refractivity contribution is 0.456. The van der Waals surface area contributed by atoms with Crippen LogP contribution in [0.5, 0.6) is 11.5 Å². The van der Waals surface area contributed by atoms with Crippen molar-refractivity contribution in [3.05, 3.63) is 145 Å². The number of fused-ring (bicyclic) bond motifs is 4. The summed E-state index contributed by atoms with van der Waals surface area (Å²) in [6, 6.07) is 45.2. The number of anilines is 4. The van der Waals surface area contributed by atoms with Gasteiger partial charge in [0.05, 0.1) is 22.4 Å². The van der Waals surface area contributed by atoms with E-state index in [-0.39, 0.29) is 10.8 Å². The van der Waals surface area contributed by atoms with E-state index in [1.807, 2.05) is 6.20 Å². The maximum Gasteiger partial charge on any atom is 0.137 e. The lowest BCUT2D eigenvalue weighted by Crippen LogP contribution is -2.24. The molecular formula is C44H42N4O. The molecule has 7 aromatic rings. The second-order valence-electron chi connectivity index (χ2n) is 15.0. The van der Waals surface area contributed by atoms with Crippen molar-refractivity contribution in [1.29, 1.82) is 0 Å². The van der Waals surface area contributed by atoms with E-state index in [4.69, 9.17) is 9.72 Å². The van der Waals surface area contributed by atoms with Crippen molar-refractivity contribution in [2.75, 3.05) is 16.5 Å². The second kappa shape index (κ2) is 11.6. The summed E-state index contributed by atoms with van der Waals surface area (Å²) < 4.78 is 9.21. The van der Waals surface area contributed by atoms with Crippen molar-refractivity contribution in [3.63, 3.8) is 0 Å². The van der Waals surface area contributed by atoms with Crippen LogP contribution in [0.2, 0.25) is 0 Å². The Morgan fingerprint density at radius 1 is 0.571 bits per heavy atom. The summed E-state index contributed by atoms with van der Waals surface area (Å²) in [5, 5.41) is 2.37. The molecule has 0 unspecified atom stereocenters. The maximum atomic E-state index is 6.93. The molecule has 0 saturated heterocycles. The standard InChI is InChI=1S/C44H42N4O/c1-43(2,3)30-24-25-45-42(26-30)48-37-17-11-10-16-34(37)35-22-21-33(28-40(35)48)49-41-27-32(20-23-36(41)44(4,5)6)47-29-46(31-14-8-7-9-15-31)38-18-12-13-19-39(38)47/h7-28H,29H2,1-6H3. The molecule has 0 bridgehead atoms. The number of hydrogen-bond donors (Lipinski definition) is 0. The molecule has 1 aliphatic heterocycles. The van der Waals surface area contributed by atoms with Crippen molar-refractivity contribution in [2.24, 2.45) is 0 Å². The summed E-state index contributed by atoms with van der Waals surface area (Å²) in [5.74, 6) is 2.55. The maximum absolute atomic E-state index is 6.93. The molecule has 8 rings (SSSR count). The number of rotatable bonds is 5. The third kappa shape index (κ3) is 5.49. The van der Waals surface area contributed by atoms with Crippen molar-refractivity contribution in [3.8, 4) is 17.3 Å². The first-order valence-electron chi connectivity index (χ1n) is 17.1. The first-order valence-corrected chi connectivity index (χ1v) is 17.1. The molecule has 244 valence electrons. The highest BCUT2D eigenvalue weighted by atomic mass is 16.5. The van der Waals surface area contributed by atoms with Crippen LogP contribution in [0.3, 0.4) is 0 Å². The van der Waals surface area contributed by atoms with E-state index >= 15 is 0 Å². The average molecular weight is 643 g/mol. The van der Waals surface area contributed by atoms with E-state index in [9.17, 15) is 0 Å². The Labute approximate surface area is 289 Å². The molecular weight excluding hydrogens is 601 g/mol. The fourth-order valence-corrected chi connectivity index (χ4v) is 7.04. The molecule has 0 spiro atoms. The van der Waals surface area contributed by atoms with Gasteiger partial charge in [-0.3, -0.25) is 4.57 Å². The Hall–Kier alpha value is -5.55. The quantitative estimate of drug-likeness (QED) is 0.187. The van der Waals surface area contributed by atoms with E-state index in [1.165, 1.54) is 33.4 Å². The first-order chi connectivity index (χ1) is 23.6. The molecule has 5 nitrogen and oxygen atoms in total. The summed E-state index contributed by atoms with van der Waals surface area (Å²) in [4.78, 5) is 9.61. The summed E-state index contributed by atoms with van der Waals surface area (Å²) in [6.07, 6.45) is 1.92. The van der Waals surface area contributed by atoms with E-state index in [0.29, 0.717) is 6.67 Å². The minimum atomic E-state index is -0.122. The van der Waals surface area contributed by atoms with Gasteiger partial charge in [-0.2, -0.15) is 0 Å². The number of benzene rings is 5. The van der Waals surface area contributed by atoms with Crippen molar-refractivity contribution in [2.45, 2.75) is 52.4 Å². The van der Waals surface area contributed by atoms with Crippen LogP contribution >= 0.6 is 0 Å². The number of ether oxygens (including phenoxy) is 1. The molecule has 0 atom stereocenters. The summed E-state index contributed by atoms with van der Waals surface area (Å²) >= 11 is 0. The molecule has 5 aromatic carbocycles. The fraction of sp³-hybridized carbons (Fsp3) is 0.205. The van der Waals surface area contributed by atoms with Crippen LogP contribution < -0.4 is 14.5 Å². The van der Waals surface area contributed by atoms with Gasteiger partial charge < -0.3 is 14.5 Å². The highest BCUT2D eigenvalue weighted by Gasteiger charge is 2.29. The second-order valence-corrected chi connectivity index (χ2v) is 15.0. The molecule has 0 radical (unpaired) electrons. The molecule has 5 heteroatoms. The molecule has 0 amide bonds. The minimum Gasteiger partial charge on any atom is -0.457 e. The lowest BCUT2D eigenvalue weighted by atomic mass is 9.86. The summed E-state index contributed by atoms with van der Waals surface area (Å²) in [6.45, 7) is 14.2. The highest BCUT2D eigenvalue weighted by Crippen LogP contribution is 2.46. The average Bonchev–Trinajstić information content (AvgIpc) is 3.64. The molecule has 49 heavy (non-hydrogen) atoms. The number of aromatic nitrogens is 2. The highest BCUT2D eigenvalue weighted by molar-refractivity contribution is 6.09. The van der Waals surface area contributed by atoms with Crippen LogP contribution in [0.4, 0.5) is 22.7 Å². The molecule has 2 aromatic heterocycles. The number of pyridine rings is 1. The molecule has 1 aliphatic rings. The molecule has 0 aliphatic carbocycles. The van der Waals surface area contributed by atoms with Crippen LogP contribution in [0.25, 0.3) is 27.6 Å². The van der Waals surface area contributed by atoms with Gasteiger partial charge in [-0.15, -0.1) is 0 Å². The van der Waals surface area contributed by atoms with E-state index in [2.05, 4.69) is 183 Å². The number of hydrogen-bond acceptors (Lipinski definition) is 4. The van der Waals surface area contributed by atoms with Crippen molar-refractivity contribution < 1.29 is 4.74 Å². The number of para-hydroxylation sites is 4. The third-order valence-corrected chi connectivity index (χ3v) is 9.61. The monoisotopic (exact) mass is 642 g/mol. The summed E-state index contributed by atoms with van der Waals surface area (Å²) in [7, 11) is 0.